The average Bonchev–Trinajstić information content (AvgIpc) is 2.18. The molecular weight excluding hydrogens is 184 g/mol. The molecule has 0 N–H and O–H groups in total. The van der Waals surface area contributed by atoms with Gasteiger partial charge in [-0.05, 0) is 46.5 Å². The van der Waals surface area contributed by atoms with Gasteiger partial charge < -0.3 is 0 Å². The van der Waals surface area contributed by atoms with Gasteiger partial charge in [0.05, 0.1) is 17.6 Å². The van der Waals surface area contributed by atoms with Gasteiger partial charge in [-0.15, -0.1) is 0 Å². The molecule has 0 aromatic rings. The number of hydrogen-bond donors (Lipinski definition) is 0. The summed E-state index contributed by atoms with van der Waals surface area (Å²) in [7, 11) is 0. The number of rotatable bonds is 3. The second kappa shape index (κ2) is 5.46. The van der Waals surface area contributed by atoms with E-state index < -0.39 is 0 Å². The standard InChI is InChI=1S/C13H24N2/c1-11(2)14-10-15-13(3,4)12-8-6-5-7-9-12/h11-12H,5-9H2,1-4H3. The van der Waals surface area contributed by atoms with Crippen LogP contribution in [-0.2, 0) is 0 Å². The van der Waals surface area contributed by atoms with Crippen LogP contribution in [0.3, 0.4) is 0 Å². The Hall–Kier alpha value is -0.620. The van der Waals surface area contributed by atoms with Gasteiger partial charge in [-0.25, -0.2) is 9.98 Å². The maximum absolute atomic E-state index is 4.50. The van der Waals surface area contributed by atoms with Crippen LogP contribution in [0.25, 0.3) is 0 Å². The van der Waals surface area contributed by atoms with Crippen molar-refractivity contribution in [3.63, 3.8) is 0 Å². The van der Waals surface area contributed by atoms with Crippen LogP contribution in [0.2, 0.25) is 0 Å². The van der Waals surface area contributed by atoms with Crippen LogP contribution < -0.4 is 0 Å². The van der Waals surface area contributed by atoms with Crippen LogP contribution in [0, 0.1) is 5.92 Å². The molecule has 0 radical (unpaired) electrons. The molecule has 1 aliphatic rings. The van der Waals surface area contributed by atoms with Crippen molar-refractivity contribution in [1.82, 2.24) is 0 Å². The second-order valence-corrected chi connectivity index (χ2v) is 5.42. The number of nitrogens with zero attached hydrogens (tertiary/aromatic N) is 2. The Kier molecular flexibility index (Phi) is 4.53. The summed E-state index contributed by atoms with van der Waals surface area (Å²) >= 11 is 0. The van der Waals surface area contributed by atoms with Gasteiger partial charge in [-0.1, -0.05) is 19.3 Å². The molecule has 0 unspecified atom stereocenters. The number of hydrogen-bond acceptors (Lipinski definition) is 2. The van der Waals surface area contributed by atoms with Gasteiger partial charge in [-0.2, -0.15) is 0 Å². The van der Waals surface area contributed by atoms with Gasteiger partial charge in [0.15, 0.2) is 0 Å². The minimum atomic E-state index is 0.0266. The second-order valence-electron chi connectivity index (χ2n) is 5.42. The lowest BCUT2D eigenvalue weighted by Crippen LogP contribution is -2.30. The average molecular weight is 208 g/mol. The largest absolute Gasteiger partial charge is 0.223 e. The number of aliphatic imine (C=N–C) groups is 2. The Bertz CT molecular complexity index is 241. The zero-order chi connectivity index (χ0) is 11.3. The highest BCUT2D eigenvalue weighted by Crippen LogP contribution is 2.34. The third-order valence-corrected chi connectivity index (χ3v) is 3.26. The quantitative estimate of drug-likeness (QED) is 0.628. The summed E-state index contributed by atoms with van der Waals surface area (Å²) in [5.74, 6) is 0.723. The summed E-state index contributed by atoms with van der Waals surface area (Å²) < 4.78 is 0. The third-order valence-electron chi connectivity index (χ3n) is 3.26. The van der Waals surface area contributed by atoms with Crippen molar-refractivity contribution < 1.29 is 0 Å². The fourth-order valence-corrected chi connectivity index (χ4v) is 2.17. The molecule has 0 atom stereocenters. The van der Waals surface area contributed by atoms with Gasteiger partial charge in [-0.3, -0.25) is 0 Å². The van der Waals surface area contributed by atoms with E-state index in [1.807, 2.05) is 0 Å². The Morgan fingerprint density at radius 2 is 1.73 bits per heavy atom. The summed E-state index contributed by atoms with van der Waals surface area (Å²) in [5.41, 5.74) is 0.0266. The smallest absolute Gasteiger partial charge is 0.0900 e. The van der Waals surface area contributed by atoms with E-state index >= 15 is 0 Å². The fourth-order valence-electron chi connectivity index (χ4n) is 2.17. The van der Waals surface area contributed by atoms with Crippen molar-refractivity contribution in [3.05, 3.63) is 0 Å². The Balaban J connectivity index is 2.60. The molecule has 1 saturated carbocycles. The molecule has 2 heteroatoms. The molecule has 0 aliphatic heterocycles. The molecule has 0 spiro atoms. The molecule has 0 heterocycles. The van der Waals surface area contributed by atoms with Crippen LogP contribution in [-0.4, -0.2) is 17.6 Å². The molecule has 1 aliphatic carbocycles. The Labute approximate surface area is 93.9 Å². The lowest BCUT2D eigenvalue weighted by molar-refractivity contribution is 0.242. The summed E-state index contributed by atoms with van der Waals surface area (Å²) in [5, 5.41) is 0. The van der Waals surface area contributed by atoms with Gasteiger partial charge in [0.2, 0.25) is 0 Å². The summed E-state index contributed by atoms with van der Waals surface area (Å²) in [6.07, 6.45) is 6.77. The first-order valence-corrected chi connectivity index (χ1v) is 6.19. The highest BCUT2D eigenvalue weighted by atomic mass is 14.9. The predicted molar refractivity (Wildman–Crippen MR) is 65.7 cm³/mol. The molecule has 1 fully saturated rings. The van der Waals surface area contributed by atoms with E-state index in [1.54, 1.807) is 0 Å². The van der Waals surface area contributed by atoms with Crippen LogP contribution in [0.5, 0.6) is 0 Å². The van der Waals surface area contributed by atoms with Gasteiger partial charge in [0.25, 0.3) is 0 Å². The van der Waals surface area contributed by atoms with Crippen LogP contribution in [0.4, 0.5) is 0 Å². The topological polar surface area (TPSA) is 24.7 Å². The minimum Gasteiger partial charge on any atom is -0.223 e. The van der Waals surface area contributed by atoms with Crippen molar-refractivity contribution in [1.29, 1.82) is 0 Å². The molecule has 86 valence electrons. The molecule has 0 saturated heterocycles. The molecule has 0 aromatic heterocycles. The van der Waals surface area contributed by atoms with E-state index in [1.165, 1.54) is 32.1 Å². The van der Waals surface area contributed by atoms with Crippen molar-refractivity contribution in [2.75, 3.05) is 0 Å². The zero-order valence-electron chi connectivity index (χ0n) is 10.6. The predicted octanol–water partition coefficient (Wildman–Crippen LogP) is 3.93. The zero-order valence-corrected chi connectivity index (χ0v) is 10.6. The van der Waals surface area contributed by atoms with E-state index in [0.717, 1.165) is 5.92 Å². The lowest BCUT2D eigenvalue weighted by atomic mass is 9.77. The first-order chi connectivity index (χ1) is 7.02. The Morgan fingerprint density at radius 3 is 2.27 bits per heavy atom. The Morgan fingerprint density at radius 1 is 1.13 bits per heavy atom. The molecule has 0 bridgehead atoms. The molecule has 2 nitrogen and oxygen atoms in total. The van der Waals surface area contributed by atoms with Crippen molar-refractivity contribution in [2.45, 2.75) is 71.4 Å². The van der Waals surface area contributed by atoms with Crippen molar-refractivity contribution >= 4 is 6.01 Å². The molecular formula is C13H24N2. The van der Waals surface area contributed by atoms with Gasteiger partial charge in [0, 0.05) is 0 Å². The van der Waals surface area contributed by atoms with Crippen LogP contribution >= 0.6 is 0 Å². The SMILES string of the molecule is CC(C)N=C=NC(C)(C)C1CCCCC1. The molecule has 0 aromatic carbocycles. The first-order valence-electron chi connectivity index (χ1n) is 6.19. The monoisotopic (exact) mass is 208 g/mol. The van der Waals surface area contributed by atoms with Crippen molar-refractivity contribution in [2.24, 2.45) is 15.9 Å². The summed E-state index contributed by atoms with van der Waals surface area (Å²) in [6.45, 7) is 8.53. The fraction of sp³-hybridized carbons (Fsp3) is 0.923. The van der Waals surface area contributed by atoms with Crippen LogP contribution in [0.1, 0.15) is 59.8 Å². The third kappa shape index (κ3) is 4.17. The van der Waals surface area contributed by atoms with E-state index in [0.29, 0.717) is 6.04 Å². The van der Waals surface area contributed by atoms with Gasteiger partial charge in [0.1, 0.15) is 0 Å². The maximum atomic E-state index is 4.50. The minimum absolute atomic E-state index is 0.0266. The van der Waals surface area contributed by atoms with E-state index in [9.17, 15) is 0 Å². The maximum Gasteiger partial charge on any atom is 0.0900 e. The highest BCUT2D eigenvalue weighted by molar-refractivity contribution is 5.42. The normalized spacial score (nSPS) is 18.7. The summed E-state index contributed by atoms with van der Waals surface area (Å²) in [6, 6.07) is 3.17. The van der Waals surface area contributed by atoms with Gasteiger partial charge >= 0.3 is 0 Å². The van der Waals surface area contributed by atoms with E-state index in [-0.39, 0.29) is 5.54 Å². The first kappa shape index (κ1) is 12.4. The molecule has 1 rings (SSSR count). The van der Waals surface area contributed by atoms with Crippen molar-refractivity contribution in [3.8, 4) is 0 Å². The van der Waals surface area contributed by atoms with E-state index in [4.69, 9.17) is 0 Å². The van der Waals surface area contributed by atoms with E-state index in [2.05, 4.69) is 43.7 Å². The lowest BCUT2D eigenvalue weighted by Gasteiger charge is -2.32. The molecule has 15 heavy (non-hydrogen) atoms. The summed E-state index contributed by atoms with van der Waals surface area (Å²) in [4.78, 5) is 8.69. The van der Waals surface area contributed by atoms with Crippen LogP contribution in [0.15, 0.2) is 9.98 Å². The highest BCUT2D eigenvalue weighted by Gasteiger charge is 2.29. The molecule has 0 amide bonds.